The van der Waals surface area contributed by atoms with E-state index in [1.54, 1.807) is 25.1 Å². The lowest BCUT2D eigenvalue weighted by atomic mass is 10.2. The van der Waals surface area contributed by atoms with Crippen molar-refractivity contribution in [3.8, 4) is 0 Å². The summed E-state index contributed by atoms with van der Waals surface area (Å²) in [6.07, 6.45) is 0. The molecule has 2 aromatic rings. The second-order valence-electron chi connectivity index (χ2n) is 4.35. The van der Waals surface area contributed by atoms with Crippen LogP contribution < -0.4 is 10.6 Å². The van der Waals surface area contributed by atoms with E-state index in [0.29, 0.717) is 10.7 Å². The van der Waals surface area contributed by atoms with Crippen LogP contribution in [0, 0.1) is 5.82 Å². The molecule has 0 aliphatic rings. The smallest absolute Gasteiger partial charge is 0.246 e. The number of halogens is 2. The maximum Gasteiger partial charge on any atom is 0.246 e. The van der Waals surface area contributed by atoms with Crippen molar-refractivity contribution in [1.82, 2.24) is 0 Å². The average molecular weight is 293 g/mol. The first kappa shape index (κ1) is 14.3. The Morgan fingerprint density at radius 1 is 1.20 bits per heavy atom. The summed E-state index contributed by atoms with van der Waals surface area (Å²) >= 11 is 5.68. The molecule has 0 heterocycles. The highest BCUT2D eigenvalue weighted by Crippen LogP contribution is 2.19. The quantitative estimate of drug-likeness (QED) is 0.897. The van der Waals surface area contributed by atoms with Gasteiger partial charge >= 0.3 is 0 Å². The number of rotatable bonds is 4. The predicted molar refractivity (Wildman–Crippen MR) is 79.6 cm³/mol. The number of carbonyl (C=O) groups excluding carboxylic acids is 1. The zero-order valence-electron chi connectivity index (χ0n) is 10.9. The van der Waals surface area contributed by atoms with Gasteiger partial charge in [0.2, 0.25) is 5.91 Å². The fourth-order valence-corrected chi connectivity index (χ4v) is 1.84. The van der Waals surface area contributed by atoms with Gasteiger partial charge in [-0.05, 0) is 37.3 Å². The lowest BCUT2D eigenvalue weighted by Gasteiger charge is -2.15. The molecule has 0 spiro atoms. The van der Waals surface area contributed by atoms with Gasteiger partial charge in [0, 0.05) is 10.7 Å². The zero-order chi connectivity index (χ0) is 14.5. The maximum atomic E-state index is 13.6. The van der Waals surface area contributed by atoms with Crippen LogP contribution in [-0.2, 0) is 4.79 Å². The van der Waals surface area contributed by atoms with Crippen molar-refractivity contribution >= 4 is 28.9 Å². The number of benzene rings is 2. The SMILES string of the molecule is CC(Nc1ccc(Cl)cc1F)C(=O)Nc1ccccc1. The molecule has 3 nitrogen and oxygen atoms in total. The predicted octanol–water partition coefficient (Wildman–Crippen LogP) is 3.92. The lowest BCUT2D eigenvalue weighted by Crippen LogP contribution is -2.32. The number of carbonyl (C=O) groups is 1. The Balaban J connectivity index is 2.00. The number of hydrogen-bond donors (Lipinski definition) is 2. The highest BCUT2D eigenvalue weighted by Gasteiger charge is 2.14. The summed E-state index contributed by atoms with van der Waals surface area (Å²) in [4.78, 5) is 12.0. The second kappa shape index (κ2) is 6.39. The van der Waals surface area contributed by atoms with Crippen LogP contribution in [0.4, 0.5) is 15.8 Å². The minimum atomic E-state index is -0.578. The van der Waals surface area contributed by atoms with Crippen molar-refractivity contribution in [3.63, 3.8) is 0 Å². The van der Waals surface area contributed by atoms with Gasteiger partial charge in [0.25, 0.3) is 0 Å². The van der Waals surface area contributed by atoms with Crippen LogP contribution in [0.5, 0.6) is 0 Å². The largest absolute Gasteiger partial charge is 0.372 e. The van der Waals surface area contributed by atoms with Crippen LogP contribution in [0.1, 0.15) is 6.92 Å². The molecule has 1 unspecified atom stereocenters. The van der Waals surface area contributed by atoms with Crippen LogP contribution in [0.3, 0.4) is 0 Å². The van der Waals surface area contributed by atoms with Crippen molar-refractivity contribution in [2.45, 2.75) is 13.0 Å². The number of hydrogen-bond acceptors (Lipinski definition) is 2. The monoisotopic (exact) mass is 292 g/mol. The molecule has 0 aliphatic carbocycles. The Hall–Kier alpha value is -2.07. The summed E-state index contributed by atoms with van der Waals surface area (Å²) in [5.74, 6) is -0.734. The normalized spacial score (nSPS) is 11.8. The summed E-state index contributed by atoms with van der Waals surface area (Å²) in [6.45, 7) is 1.66. The van der Waals surface area contributed by atoms with Gasteiger partial charge in [0.1, 0.15) is 11.9 Å². The van der Waals surface area contributed by atoms with Crippen molar-refractivity contribution in [2.24, 2.45) is 0 Å². The molecule has 0 aliphatic heterocycles. The fraction of sp³-hybridized carbons (Fsp3) is 0.133. The number of amides is 1. The molecule has 2 rings (SSSR count). The minimum absolute atomic E-state index is 0.241. The van der Waals surface area contributed by atoms with E-state index >= 15 is 0 Å². The highest BCUT2D eigenvalue weighted by molar-refractivity contribution is 6.30. The van der Waals surface area contributed by atoms with Crippen molar-refractivity contribution in [2.75, 3.05) is 10.6 Å². The van der Waals surface area contributed by atoms with Crippen molar-refractivity contribution < 1.29 is 9.18 Å². The van der Waals surface area contributed by atoms with Gasteiger partial charge < -0.3 is 10.6 Å². The standard InChI is InChI=1S/C15H14ClFN2O/c1-10(15(20)19-12-5-3-2-4-6-12)18-14-8-7-11(16)9-13(14)17/h2-10,18H,1H3,(H,19,20). The van der Waals surface area contributed by atoms with Gasteiger partial charge in [-0.2, -0.15) is 0 Å². The molecule has 0 saturated carbocycles. The molecule has 1 amide bonds. The van der Waals surface area contributed by atoms with Crippen LogP contribution in [0.15, 0.2) is 48.5 Å². The fourth-order valence-electron chi connectivity index (χ4n) is 1.68. The molecule has 20 heavy (non-hydrogen) atoms. The Bertz CT molecular complexity index is 604. The van der Waals surface area contributed by atoms with E-state index in [1.807, 2.05) is 18.2 Å². The van der Waals surface area contributed by atoms with Crippen LogP contribution in [0.2, 0.25) is 5.02 Å². The Morgan fingerprint density at radius 3 is 2.55 bits per heavy atom. The van der Waals surface area contributed by atoms with Gasteiger partial charge in [0.05, 0.1) is 5.69 Å². The third-order valence-corrected chi connectivity index (χ3v) is 2.97. The Morgan fingerprint density at radius 2 is 1.90 bits per heavy atom. The Labute approximate surface area is 121 Å². The van der Waals surface area contributed by atoms with E-state index in [9.17, 15) is 9.18 Å². The van der Waals surface area contributed by atoms with Crippen molar-refractivity contribution in [1.29, 1.82) is 0 Å². The molecule has 104 valence electrons. The summed E-state index contributed by atoms with van der Waals surface area (Å²) in [5, 5.41) is 5.87. The second-order valence-corrected chi connectivity index (χ2v) is 4.78. The first-order valence-corrected chi connectivity index (χ1v) is 6.51. The summed E-state index contributed by atoms with van der Waals surface area (Å²) in [7, 11) is 0. The van der Waals surface area contributed by atoms with Crippen LogP contribution >= 0.6 is 11.6 Å². The van der Waals surface area contributed by atoms with Crippen LogP contribution in [-0.4, -0.2) is 11.9 Å². The first-order chi connectivity index (χ1) is 9.56. The average Bonchev–Trinajstić information content (AvgIpc) is 2.43. The first-order valence-electron chi connectivity index (χ1n) is 6.14. The van der Waals surface area contributed by atoms with Gasteiger partial charge in [0.15, 0.2) is 0 Å². The summed E-state index contributed by atoms with van der Waals surface area (Å²) in [5.41, 5.74) is 0.938. The topological polar surface area (TPSA) is 41.1 Å². The van der Waals surface area contributed by atoms with E-state index in [1.165, 1.54) is 12.1 Å². The lowest BCUT2D eigenvalue weighted by molar-refractivity contribution is -0.116. The van der Waals surface area contributed by atoms with Crippen molar-refractivity contribution in [3.05, 3.63) is 59.4 Å². The highest BCUT2D eigenvalue weighted by atomic mass is 35.5. The van der Waals surface area contributed by atoms with Crippen LogP contribution in [0.25, 0.3) is 0 Å². The van der Waals surface area contributed by atoms with Gasteiger partial charge in [-0.3, -0.25) is 4.79 Å². The van der Waals surface area contributed by atoms with E-state index in [4.69, 9.17) is 11.6 Å². The molecule has 0 aromatic heterocycles. The van der Waals surface area contributed by atoms with E-state index in [0.717, 1.165) is 0 Å². The molecular weight excluding hydrogens is 279 g/mol. The molecule has 5 heteroatoms. The number of para-hydroxylation sites is 1. The molecule has 0 bridgehead atoms. The van der Waals surface area contributed by atoms with Gasteiger partial charge in [-0.1, -0.05) is 29.8 Å². The number of nitrogens with one attached hydrogen (secondary N) is 2. The van der Waals surface area contributed by atoms with E-state index < -0.39 is 11.9 Å². The van der Waals surface area contributed by atoms with Gasteiger partial charge in [-0.15, -0.1) is 0 Å². The molecule has 0 saturated heterocycles. The third-order valence-electron chi connectivity index (χ3n) is 2.74. The molecule has 1 atom stereocenters. The number of anilines is 2. The molecule has 2 aromatic carbocycles. The molecule has 2 N–H and O–H groups in total. The summed E-state index contributed by atoms with van der Waals surface area (Å²) < 4.78 is 13.6. The van der Waals surface area contributed by atoms with E-state index in [-0.39, 0.29) is 11.6 Å². The summed E-state index contributed by atoms with van der Waals surface area (Å²) in [6, 6.07) is 12.8. The van der Waals surface area contributed by atoms with E-state index in [2.05, 4.69) is 10.6 Å². The molecule has 0 radical (unpaired) electrons. The molecular formula is C15H14ClFN2O. The third kappa shape index (κ3) is 3.71. The molecule has 0 fully saturated rings. The maximum absolute atomic E-state index is 13.6. The zero-order valence-corrected chi connectivity index (χ0v) is 11.6. The Kier molecular flexibility index (Phi) is 4.58. The van der Waals surface area contributed by atoms with Gasteiger partial charge in [-0.25, -0.2) is 4.39 Å². The minimum Gasteiger partial charge on any atom is -0.372 e.